The van der Waals surface area contributed by atoms with Crippen molar-refractivity contribution in [1.29, 1.82) is 15.8 Å². The van der Waals surface area contributed by atoms with E-state index in [-0.39, 0.29) is 45.2 Å². The second-order valence-corrected chi connectivity index (χ2v) is 24.7. The lowest BCUT2D eigenvalue weighted by Crippen LogP contribution is -2.49. The minimum absolute atomic E-state index is 0.0408. The van der Waals surface area contributed by atoms with Gasteiger partial charge in [-0.25, -0.2) is 0 Å². The SMILES string of the molecule is COc1ccc(C(=O)N2CCN(c3c(C#N)c(=O)n(Cc4ccccc4)c4ccc(Cl)cc34)CC2)cc1.COc1ccc(C(=O)N2CCN(c3c(C#N)c(=O)n(Cc4ccccc4)c4ccccc34)CC2)cc1.Cn1c(=O)c(C#N)c(N2CCN(Cc3ccoc3)CC2)c2ccccc21. The molecule has 20 nitrogen and oxygen atoms in total. The lowest BCUT2D eigenvalue weighted by Gasteiger charge is -2.37. The van der Waals surface area contributed by atoms with Crippen molar-refractivity contribution in [1.82, 2.24) is 28.4 Å². The number of ether oxygens (including phenoxy) is 2. The van der Waals surface area contributed by atoms with Crippen molar-refractivity contribution < 1.29 is 23.5 Å². The van der Waals surface area contributed by atoms with Crippen LogP contribution in [0.3, 0.4) is 0 Å². The van der Waals surface area contributed by atoms with Crippen molar-refractivity contribution in [2.24, 2.45) is 7.05 Å². The molecule has 3 fully saturated rings. The van der Waals surface area contributed by atoms with Gasteiger partial charge in [0.25, 0.3) is 28.5 Å². The second-order valence-electron chi connectivity index (χ2n) is 24.2. The summed E-state index contributed by atoms with van der Waals surface area (Å²) in [6, 6.07) is 62.9. The minimum atomic E-state index is -0.340. The Morgan fingerprint density at radius 3 is 1.29 bits per heavy atom. The molecule has 2 amide bonds. The number of anilines is 3. The Balaban J connectivity index is 0.000000143. The van der Waals surface area contributed by atoms with Crippen LogP contribution in [0.25, 0.3) is 32.7 Å². The number of amides is 2. The molecule has 0 atom stereocenters. The first-order chi connectivity index (χ1) is 48.3. The van der Waals surface area contributed by atoms with E-state index in [1.165, 1.54) is 0 Å². The number of carbonyl (C=O) groups is 2. The van der Waals surface area contributed by atoms with E-state index in [2.05, 4.69) is 32.9 Å². The van der Waals surface area contributed by atoms with E-state index >= 15 is 0 Å². The minimum Gasteiger partial charge on any atom is -0.497 e. The molecule has 99 heavy (non-hydrogen) atoms. The maximum atomic E-state index is 13.6. The average Bonchev–Trinajstić information content (AvgIpc) is 0.786. The molecule has 0 bridgehead atoms. The lowest BCUT2D eigenvalue weighted by atomic mass is 10.1. The number of piperazine rings is 3. The van der Waals surface area contributed by atoms with E-state index in [1.54, 1.807) is 107 Å². The standard InChI is InChI=1S/C29H25ClN4O3.C29H26N4O3.C20H20N4O2/c1-37-23-10-7-21(8-11-23)28(35)33-15-13-32(14-16-33)27-24-17-22(30)9-12-26(24)34(29(36)25(27)18-31)19-20-5-3-2-4-6-20;1-36-23-13-11-22(12-14-23)28(34)32-17-15-31(16-18-32)27-24-9-5-6-10-26(24)33(29(35)25(27)19-30)20-21-7-3-2-4-8-21;1-22-18-5-3-2-4-16(18)19(17(12-21)20(22)25)24-9-7-23(8-10-24)13-15-6-11-26-14-15/h2-12,17H,13-16,19H2,1H3;2-14H,15-18,20H2,1H3;2-6,11,14H,7-10,13H2,1H3. The monoisotopic (exact) mass is 1340 g/mol. The molecule has 11 aromatic rings. The predicted molar refractivity (Wildman–Crippen MR) is 384 cm³/mol. The number of aryl methyl sites for hydroxylation is 1. The first-order valence-corrected chi connectivity index (χ1v) is 32.9. The van der Waals surface area contributed by atoms with Crippen LogP contribution in [-0.2, 0) is 26.7 Å². The number of nitriles is 3. The third-order valence-corrected chi connectivity index (χ3v) is 18.7. The van der Waals surface area contributed by atoms with Crippen LogP contribution in [0.5, 0.6) is 11.5 Å². The molecule has 0 unspecified atom stereocenters. The highest BCUT2D eigenvalue weighted by Crippen LogP contribution is 2.35. The van der Waals surface area contributed by atoms with Gasteiger partial charge in [0.2, 0.25) is 0 Å². The number of hydrogen-bond acceptors (Lipinski definition) is 15. The van der Waals surface area contributed by atoms with Gasteiger partial charge >= 0.3 is 0 Å². The van der Waals surface area contributed by atoms with Crippen LogP contribution in [0.2, 0.25) is 5.02 Å². The first-order valence-electron chi connectivity index (χ1n) is 32.6. The van der Waals surface area contributed by atoms with Crippen LogP contribution in [0, 0.1) is 34.0 Å². The van der Waals surface area contributed by atoms with Crippen molar-refractivity contribution in [3.05, 3.63) is 275 Å². The predicted octanol–water partition coefficient (Wildman–Crippen LogP) is 10.8. The van der Waals surface area contributed by atoms with Crippen LogP contribution in [-0.4, -0.2) is 133 Å². The van der Waals surface area contributed by atoms with Crippen molar-refractivity contribution in [2.45, 2.75) is 19.6 Å². The number of para-hydroxylation sites is 2. The topological polar surface area (TPSA) is 223 Å². The zero-order valence-electron chi connectivity index (χ0n) is 55.1. The molecule has 498 valence electrons. The Bertz CT molecular complexity index is 5080. The van der Waals surface area contributed by atoms with Crippen molar-refractivity contribution >= 4 is 73.2 Å². The van der Waals surface area contributed by atoms with Gasteiger partial charge in [-0.3, -0.25) is 28.9 Å². The number of aromatic nitrogens is 3. The zero-order valence-corrected chi connectivity index (χ0v) is 55.8. The number of furan rings is 1. The summed E-state index contributed by atoms with van der Waals surface area (Å²) in [6.45, 7) is 8.85. The summed E-state index contributed by atoms with van der Waals surface area (Å²) in [7, 11) is 4.90. The Morgan fingerprint density at radius 1 is 0.444 bits per heavy atom. The Kier molecular flexibility index (Phi) is 20.6. The van der Waals surface area contributed by atoms with Crippen molar-refractivity contribution in [3.8, 4) is 29.7 Å². The van der Waals surface area contributed by atoms with E-state index in [1.807, 2.05) is 137 Å². The summed E-state index contributed by atoms with van der Waals surface area (Å²) < 4.78 is 20.4. The molecule has 0 saturated carbocycles. The molecule has 3 saturated heterocycles. The quantitative estimate of drug-likeness (QED) is 0.105. The third-order valence-electron chi connectivity index (χ3n) is 18.4. The molecule has 7 aromatic carbocycles. The fraction of sp³-hybridized carbons (Fsp3) is 0.231. The third kappa shape index (κ3) is 14.3. The van der Waals surface area contributed by atoms with Crippen molar-refractivity contribution in [3.63, 3.8) is 0 Å². The largest absolute Gasteiger partial charge is 0.497 e. The van der Waals surface area contributed by atoms with Crippen LogP contribution >= 0.6 is 11.6 Å². The van der Waals surface area contributed by atoms with Gasteiger partial charge in [0.05, 0.1) is 73.4 Å². The summed E-state index contributed by atoms with van der Waals surface area (Å²) in [5.74, 6) is 1.29. The smallest absolute Gasteiger partial charge is 0.271 e. The van der Waals surface area contributed by atoms with Gasteiger partial charge in [-0.05, 0) is 96.1 Å². The highest BCUT2D eigenvalue weighted by molar-refractivity contribution is 6.31. The molecule has 7 heterocycles. The highest BCUT2D eigenvalue weighted by atomic mass is 35.5. The van der Waals surface area contributed by atoms with E-state index in [0.29, 0.717) is 110 Å². The number of pyridine rings is 3. The molecule has 4 aromatic heterocycles. The van der Waals surface area contributed by atoms with Crippen LogP contribution in [0.15, 0.2) is 213 Å². The number of nitrogens with zero attached hydrogens (tertiary/aromatic N) is 12. The van der Waals surface area contributed by atoms with Gasteiger partial charge in [-0.1, -0.05) is 109 Å². The summed E-state index contributed by atoms with van der Waals surface area (Å²) in [5, 5.41) is 32.8. The summed E-state index contributed by atoms with van der Waals surface area (Å²) in [5.41, 5.74) is 8.25. The van der Waals surface area contributed by atoms with Gasteiger partial charge < -0.3 is 52.1 Å². The number of hydrogen-bond donors (Lipinski definition) is 0. The van der Waals surface area contributed by atoms with Gasteiger partial charge in [-0.2, -0.15) is 15.8 Å². The number of fused-ring (bicyclic) bond motifs is 3. The summed E-state index contributed by atoms with van der Waals surface area (Å²) in [4.78, 5) is 78.0. The normalized spacial score (nSPS) is 13.9. The molecule has 0 aliphatic carbocycles. The maximum Gasteiger partial charge on any atom is 0.271 e. The molecule has 3 aliphatic rings. The maximum absolute atomic E-state index is 13.6. The molecular weight excluding hydrogens is 1270 g/mol. The van der Waals surface area contributed by atoms with Crippen molar-refractivity contribution in [2.75, 3.05) is 107 Å². The molecule has 0 spiro atoms. The summed E-state index contributed by atoms with van der Waals surface area (Å²) >= 11 is 6.38. The number of carbonyl (C=O) groups excluding carboxylic acids is 2. The second kappa shape index (κ2) is 30.5. The van der Waals surface area contributed by atoms with E-state index < -0.39 is 0 Å². The van der Waals surface area contributed by atoms with E-state index in [4.69, 9.17) is 25.5 Å². The van der Waals surface area contributed by atoms with Gasteiger partial charge in [0.15, 0.2) is 0 Å². The van der Waals surface area contributed by atoms with Crippen LogP contribution in [0.4, 0.5) is 17.1 Å². The highest BCUT2D eigenvalue weighted by Gasteiger charge is 2.31. The van der Waals surface area contributed by atoms with Crippen LogP contribution < -0.4 is 40.9 Å². The Hall–Kier alpha value is -11.9. The van der Waals surface area contributed by atoms with Gasteiger partial charge in [0.1, 0.15) is 46.4 Å². The molecule has 21 heteroatoms. The van der Waals surface area contributed by atoms with E-state index in [0.717, 1.165) is 82.3 Å². The van der Waals surface area contributed by atoms with Gasteiger partial charge in [0, 0.05) is 130 Å². The Morgan fingerprint density at radius 2 is 0.848 bits per heavy atom. The molecule has 0 N–H and O–H groups in total. The molecule has 3 aliphatic heterocycles. The van der Waals surface area contributed by atoms with E-state index in [9.17, 15) is 39.8 Å². The lowest BCUT2D eigenvalue weighted by molar-refractivity contribution is 0.0739. The van der Waals surface area contributed by atoms with Crippen LogP contribution in [0.1, 0.15) is 54.1 Å². The zero-order chi connectivity index (χ0) is 69.1. The summed E-state index contributed by atoms with van der Waals surface area (Å²) in [6.07, 6.45) is 3.46. The number of rotatable bonds is 13. The molecular formula is C78H71ClN12O8. The fourth-order valence-electron chi connectivity index (χ4n) is 13.3. The fourth-order valence-corrected chi connectivity index (χ4v) is 13.5. The van der Waals surface area contributed by atoms with Gasteiger partial charge in [-0.15, -0.1) is 0 Å². The number of halogens is 1. The molecule has 14 rings (SSSR count). The molecule has 0 radical (unpaired) electrons. The number of benzene rings is 7. The average molecular weight is 1340 g/mol. The number of methoxy groups -OCH3 is 2. The first kappa shape index (κ1) is 67.1. The Labute approximate surface area is 576 Å².